The lowest BCUT2D eigenvalue weighted by molar-refractivity contribution is -0.136. The first-order valence-electron chi connectivity index (χ1n) is 12.9. The van der Waals surface area contributed by atoms with E-state index in [1.54, 1.807) is 31.3 Å². The number of rotatable bonds is 6. The Bertz CT molecular complexity index is 1630. The van der Waals surface area contributed by atoms with Gasteiger partial charge < -0.3 is 9.30 Å². The first kappa shape index (κ1) is 24.5. The molecule has 2 bridgehead atoms. The summed E-state index contributed by atoms with van der Waals surface area (Å²) >= 11 is 0. The van der Waals surface area contributed by atoms with Gasteiger partial charge in [0.25, 0.3) is 0 Å². The molecule has 39 heavy (non-hydrogen) atoms. The van der Waals surface area contributed by atoms with Crippen molar-refractivity contribution in [1.82, 2.24) is 28.6 Å². The van der Waals surface area contributed by atoms with Gasteiger partial charge in [-0.05, 0) is 48.1 Å². The highest BCUT2D eigenvalue weighted by Crippen LogP contribution is 2.46. The molecule has 4 aromatic rings. The third-order valence-corrected chi connectivity index (χ3v) is 8.61. The van der Waals surface area contributed by atoms with Crippen LogP contribution in [0.4, 0.5) is 17.6 Å². The number of hydrogen-bond donors (Lipinski definition) is 0. The molecule has 0 radical (unpaired) electrons. The van der Waals surface area contributed by atoms with Crippen molar-refractivity contribution in [3.63, 3.8) is 0 Å². The van der Waals surface area contributed by atoms with Gasteiger partial charge in [0.15, 0.2) is 12.0 Å². The van der Waals surface area contributed by atoms with Crippen LogP contribution in [0.3, 0.4) is 0 Å². The quantitative estimate of drug-likeness (QED) is 0.347. The average Bonchev–Trinajstić information content (AvgIpc) is 3.61. The molecule has 1 saturated carbocycles. The summed E-state index contributed by atoms with van der Waals surface area (Å²) in [5.41, 5.74) is -1.40. The number of aromatic nitrogens is 5. The Morgan fingerprint density at radius 1 is 1.18 bits per heavy atom. The van der Waals surface area contributed by atoms with E-state index in [0.717, 1.165) is 29.9 Å². The number of benzene rings is 1. The Kier molecular flexibility index (Phi) is 5.34. The van der Waals surface area contributed by atoms with E-state index < -0.39 is 29.0 Å². The highest BCUT2D eigenvalue weighted by atomic mass is 19.4. The van der Waals surface area contributed by atoms with Crippen LogP contribution >= 0.6 is 0 Å². The van der Waals surface area contributed by atoms with Crippen molar-refractivity contribution in [3.05, 3.63) is 82.1 Å². The minimum atomic E-state index is -4.64. The Labute approximate surface area is 220 Å². The minimum absolute atomic E-state index is 0.0943. The van der Waals surface area contributed by atoms with E-state index >= 15 is 4.39 Å². The summed E-state index contributed by atoms with van der Waals surface area (Å²) in [5.74, 6) is 0.771. The van der Waals surface area contributed by atoms with Crippen LogP contribution in [-0.4, -0.2) is 54.4 Å². The fourth-order valence-electron chi connectivity index (χ4n) is 6.32. The Hall–Kier alpha value is -3.51. The van der Waals surface area contributed by atoms with Crippen molar-refractivity contribution in [2.24, 2.45) is 13.0 Å². The lowest BCUT2D eigenvalue weighted by Crippen LogP contribution is -2.50. The van der Waals surface area contributed by atoms with Gasteiger partial charge in [0.2, 0.25) is 0 Å². The fourth-order valence-corrected chi connectivity index (χ4v) is 6.32. The maximum absolute atomic E-state index is 15.8. The summed E-state index contributed by atoms with van der Waals surface area (Å²) in [6.07, 6.45) is 0.135. The molecule has 1 atom stereocenters. The smallest absolute Gasteiger partial charge is 0.379 e. The normalized spacial score (nSPS) is 23.1. The molecule has 0 amide bonds. The number of fused-ring (bicyclic) bond motifs is 2. The summed E-state index contributed by atoms with van der Waals surface area (Å²) in [4.78, 5) is 15.7. The third-order valence-electron chi connectivity index (χ3n) is 8.61. The summed E-state index contributed by atoms with van der Waals surface area (Å²) in [5, 5.41) is 7.68. The van der Waals surface area contributed by atoms with Crippen molar-refractivity contribution < 1.29 is 22.3 Å². The molecule has 1 aliphatic carbocycles. The molecular weight excluding hydrogens is 516 g/mol. The molecule has 204 valence electrons. The number of ether oxygens (including phenoxy) is 1. The van der Waals surface area contributed by atoms with Crippen molar-refractivity contribution in [2.45, 2.75) is 43.2 Å². The van der Waals surface area contributed by atoms with E-state index in [1.807, 2.05) is 0 Å². The minimum Gasteiger partial charge on any atom is -0.379 e. The van der Waals surface area contributed by atoms with E-state index in [4.69, 9.17) is 4.74 Å². The maximum Gasteiger partial charge on any atom is 0.418 e. The second kappa shape index (κ2) is 8.49. The van der Waals surface area contributed by atoms with Crippen molar-refractivity contribution in [1.29, 1.82) is 0 Å². The number of alkyl halides is 4. The zero-order valence-electron chi connectivity index (χ0n) is 21.1. The van der Waals surface area contributed by atoms with Crippen molar-refractivity contribution in [3.8, 4) is 5.69 Å². The van der Waals surface area contributed by atoms with Crippen LogP contribution in [0.2, 0.25) is 0 Å². The van der Waals surface area contributed by atoms with Crippen molar-refractivity contribution in [2.75, 3.05) is 19.8 Å². The van der Waals surface area contributed by atoms with Crippen molar-refractivity contribution >= 4 is 5.52 Å². The molecule has 8 rings (SSSR count). The molecule has 0 N–H and O–H groups in total. The van der Waals surface area contributed by atoms with Crippen LogP contribution in [0.25, 0.3) is 11.2 Å². The fraction of sp³-hybridized carbons (Fsp3) is 0.444. The van der Waals surface area contributed by atoms with E-state index in [9.17, 15) is 18.0 Å². The molecule has 6 heterocycles. The van der Waals surface area contributed by atoms with Gasteiger partial charge in [-0.3, -0.25) is 13.9 Å². The SMILES string of the molecule is Cn1cnnc1[C@H](F)C1(c2cccc(-n3cc4c(C(F)(F)F)cc(CN5CC6CC5C6)cn4c3=O)c2)COC1. The summed E-state index contributed by atoms with van der Waals surface area (Å²) in [6, 6.07) is 8.22. The van der Waals surface area contributed by atoms with Gasteiger partial charge in [-0.2, -0.15) is 13.2 Å². The first-order valence-corrected chi connectivity index (χ1v) is 12.9. The van der Waals surface area contributed by atoms with Crippen LogP contribution in [-0.2, 0) is 29.9 Å². The maximum atomic E-state index is 15.8. The monoisotopic (exact) mass is 542 g/mol. The van der Waals surface area contributed by atoms with Gasteiger partial charge in [-0.1, -0.05) is 12.1 Å². The Morgan fingerprint density at radius 3 is 2.59 bits per heavy atom. The summed E-state index contributed by atoms with van der Waals surface area (Å²) < 4.78 is 67.5. The number of pyridine rings is 1. The zero-order valence-corrected chi connectivity index (χ0v) is 21.1. The summed E-state index contributed by atoms with van der Waals surface area (Å²) in [6.45, 7) is 1.44. The van der Waals surface area contributed by atoms with E-state index in [-0.39, 0.29) is 24.6 Å². The lowest BCUT2D eigenvalue weighted by atomic mass is 9.74. The standard InChI is InChI=1S/C27H26F4N6O2/c1-34-15-32-33-24(34)23(28)26(13-39-14-26)18-3-2-4-19(8-18)36-12-22-21(27(29,30)31)7-17(11-37(22)25(36)38)10-35-9-16-5-20(35)6-16/h2-4,7-8,11-12,15-16,20,23H,5-6,9-10,13-14H2,1H3/t16?,20?,23-/m0/s1. The molecule has 4 aliphatic rings. The van der Waals surface area contributed by atoms with Crippen LogP contribution in [0.15, 0.2) is 53.8 Å². The van der Waals surface area contributed by atoms with Gasteiger partial charge in [0.05, 0.1) is 35.4 Å². The van der Waals surface area contributed by atoms with E-state index in [2.05, 4.69) is 15.1 Å². The molecule has 8 nitrogen and oxygen atoms in total. The zero-order chi connectivity index (χ0) is 27.1. The number of hydrogen-bond acceptors (Lipinski definition) is 5. The number of aryl methyl sites for hydroxylation is 1. The van der Waals surface area contributed by atoms with E-state index in [1.165, 1.54) is 27.9 Å². The second-order valence-corrected chi connectivity index (χ2v) is 11.1. The molecule has 0 spiro atoms. The average molecular weight is 543 g/mol. The number of nitrogens with zero attached hydrogens (tertiary/aromatic N) is 6. The van der Waals surface area contributed by atoms with Gasteiger partial charge in [-0.25, -0.2) is 9.18 Å². The molecule has 1 aromatic carbocycles. The third kappa shape index (κ3) is 3.75. The Morgan fingerprint density at radius 2 is 1.97 bits per heavy atom. The molecule has 3 aromatic heterocycles. The van der Waals surface area contributed by atoms with Crippen LogP contribution in [0, 0.1) is 5.92 Å². The first-order chi connectivity index (χ1) is 18.6. The molecule has 3 saturated heterocycles. The highest BCUT2D eigenvalue weighted by molar-refractivity contribution is 5.58. The highest BCUT2D eigenvalue weighted by Gasteiger charge is 2.50. The number of imidazole rings is 1. The predicted octanol–water partition coefficient (Wildman–Crippen LogP) is 3.81. The van der Waals surface area contributed by atoms with Crippen LogP contribution in [0.1, 0.15) is 41.5 Å². The molecule has 12 heteroatoms. The van der Waals surface area contributed by atoms with Crippen LogP contribution in [0.5, 0.6) is 0 Å². The lowest BCUT2D eigenvalue weighted by Gasteiger charge is -2.43. The predicted molar refractivity (Wildman–Crippen MR) is 132 cm³/mol. The second-order valence-electron chi connectivity index (χ2n) is 11.1. The van der Waals surface area contributed by atoms with Gasteiger partial charge in [0.1, 0.15) is 6.33 Å². The topological polar surface area (TPSA) is 69.6 Å². The molecular formula is C27H26F4N6O2. The number of halogens is 4. The largest absolute Gasteiger partial charge is 0.418 e. The van der Waals surface area contributed by atoms with Gasteiger partial charge in [0, 0.05) is 38.6 Å². The van der Waals surface area contributed by atoms with Crippen LogP contribution < -0.4 is 5.69 Å². The Balaban J connectivity index is 1.30. The molecule has 3 aliphatic heterocycles. The van der Waals surface area contributed by atoms with Gasteiger partial charge in [-0.15, -0.1) is 10.2 Å². The molecule has 0 unspecified atom stereocenters. The summed E-state index contributed by atoms with van der Waals surface area (Å²) in [7, 11) is 1.65. The van der Waals surface area contributed by atoms with Gasteiger partial charge >= 0.3 is 11.9 Å². The van der Waals surface area contributed by atoms with E-state index in [0.29, 0.717) is 35.3 Å². The molecule has 4 fully saturated rings.